The minimum Gasteiger partial charge on any atom is -0.384 e. The molecule has 0 spiro atoms. The molecule has 0 unspecified atom stereocenters. The zero-order valence-electron chi connectivity index (χ0n) is 12.0. The van der Waals surface area contributed by atoms with E-state index < -0.39 is 0 Å². The lowest BCUT2D eigenvalue weighted by Gasteiger charge is -2.17. The molecule has 2 N–H and O–H groups in total. The summed E-state index contributed by atoms with van der Waals surface area (Å²) in [6, 6.07) is 10.3. The predicted octanol–water partition coefficient (Wildman–Crippen LogP) is 2.87. The molecule has 1 fully saturated rings. The van der Waals surface area contributed by atoms with Gasteiger partial charge in [0.1, 0.15) is 5.82 Å². The normalized spacial score (nSPS) is 14.4. The van der Waals surface area contributed by atoms with Crippen molar-refractivity contribution >= 4 is 24.0 Å². The number of hydrogen-bond acceptors (Lipinski definition) is 4. The van der Waals surface area contributed by atoms with Gasteiger partial charge in [0.15, 0.2) is 5.82 Å². The maximum Gasteiger partial charge on any atom is 0.157 e. The van der Waals surface area contributed by atoms with E-state index in [-0.39, 0.29) is 0 Å². The Morgan fingerprint density at radius 3 is 2.62 bits per heavy atom. The number of hydrogen-bond donors (Lipinski definition) is 1. The summed E-state index contributed by atoms with van der Waals surface area (Å²) in [6.45, 7) is 9.49. The van der Waals surface area contributed by atoms with Gasteiger partial charge in [0.25, 0.3) is 0 Å². The van der Waals surface area contributed by atoms with Gasteiger partial charge in [0, 0.05) is 30.4 Å². The Kier molecular flexibility index (Phi) is 3.48. The van der Waals surface area contributed by atoms with Crippen LogP contribution < -0.4 is 10.6 Å². The van der Waals surface area contributed by atoms with Crippen LogP contribution in [0.4, 0.5) is 11.5 Å². The fraction of sp³-hybridized carbons (Fsp3) is 0.250. The molecule has 21 heavy (non-hydrogen) atoms. The molecule has 2 heterocycles. The predicted molar refractivity (Wildman–Crippen MR) is 87.8 cm³/mol. The third-order valence-corrected chi connectivity index (χ3v) is 3.74. The second kappa shape index (κ2) is 5.44. The summed E-state index contributed by atoms with van der Waals surface area (Å²) in [5.41, 5.74) is 8.83. The fourth-order valence-corrected chi connectivity index (χ4v) is 2.67. The Morgan fingerprint density at radius 2 is 2.00 bits per heavy atom. The first-order chi connectivity index (χ1) is 10.2. The Bertz CT molecular complexity index is 680. The minimum atomic E-state index is 0.333. The maximum absolute atomic E-state index is 5.72. The van der Waals surface area contributed by atoms with E-state index in [2.05, 4.69) is 46.5 Å². The van der Waals surface area contributed by atoms with E-state index in [1.165, 1.54) is 23.2 Å². The van der Waals surface area contributed by atoms with Crippen LogP contribution in [0, 0.1) is 0 Å². The van der Waals surface area contributed by atoms with Crippen molar-refractivity contribution in [2.45, 2.75) is 12.8 Å². The van der Waals surface area contributed by atoms with Crippen LogP contribution in [0.3, 0.4) is 0 Å². The highest BCUT2D eigenvalue weighted by Crippen LogP contribution is 2.29. The number of anilines is 1. The molecule has 1 aromatic heterocycles. The van der Waals surface area contributed by atoms with Crippen molar-refractivity contribution in [2.24, 2.45) is 10.7 Å². The molecule has 1 aliphatic heterocycles. The number of benzene rings is 1. The Morgan fingerprint density at radius 1 is 1.24 bits per heavy atom. The third kappa shape index (κ3) is 2.54. The summed E-state index contributed by atoms with van der Waals surface area (Å²) < 4.78 is 1.50. The monoisotopic (exact) mass is 281 g/mol. The van der Waals surface area contributed by atoms with E-state index in [0.29, 0.717) is 11.6 Å². The third-order valence-electron chi connectivity index (χ3n) is 3.74. The topological polar surface area (TPSA) is 59.4 Å². The number of aromatic nitrogens is 2. The van der Waals surface area contributed by atoms with Gasteiger partial charge in [-0.15, -0.1) is 0 Å². The highest BCUT2D eigenvalue weighted by atomic mass is 15.4. The Labute approximate surface area is 124 Å². The molecular formula is C16H19N5. The zero-order valence-corrected chi connectivity index (χ0v) is 12.0. The highest BCUT2D eigenvalue weighted by Gasteiger charge is 2.14. The van der Waals surface area contributed by atoms with E-state index >= 15 is 0 Å². The van der Waals surface area contributed by atoms with Crippen molar-refractivity contribution in [3.63, 3.8) is 0 Å². The van der Waals surface area contributed by atoms with Gasteiger partial charge >= 0.3 is 0 Å². The van der Waals surface area contributed by atoms with Crippen LogP contribution in [0.15, 0.2) is 41.9 Å². The lowest BCUT2D eigenvalue weighted by Crippen LogP contribution is -2.17. The summed E-state index contributed by atoms with van der Waals surface area (Å²) in [4.78, 5) is 6.33. The molecule has 1 saturated heterocycles. The van der Waals surface area contributed by atoms with Gasteiger partial charge in [0.2, 0.25) is 0 Å². The quantitative estimate of drug-likeness (QED) is 0.877. The summed E-state index contributed by atoms with van der Waals surface area (Å²) >= 11 is 0. The van der Waals surface area contributed by atoms with Crippen LogP contribution in [0.2, 0.25) is 0 Å². The van der Waals surface area contributed by atoms with Crippen LogP contribution in [0.5, 0.6) is 0 Å². The molecule has 5 nitrogen and oxygen atoms in total. The average molecular weight is 281 g/mol. The molecule has 0 aliphatic carbocycles. The largest absolute Gasteiger partial charge is 0.384 e. The van der Waals surface area contributed by atoms with E-state index in [4.69, 9.17) is 5.73 Å². The summed E-state index contributed by atoms with van der Waals surface area (Å²) in [6.07, 6.45) is 2.52. The lowest BCUT2D eigenvalue weighted by atomic mass is 10.1. The van der Waals surface area contributed by atoms with Gasteiger partial charge in [0.05, 0.1) is 5.69 Å². The van der Waals surface area contributed by atoms with E-state index in [1.54, 1.807) is 0 Å². The summed E-state index contributed by atoms with van der Waals surface area (Å²) in [5.74, 6) is 0.934. The molecule has 0 radical (unpaired) electrons. The van der Waals surface area contributed by atoms with Crippen molar-refractivity contribution in [3.8, 4) is 11.3 Å². The molecule has 0 bridgehead atoms. The highest BCUT2D eigenvalue weighted by molar-refractivity contribution is 5.69. The van der Waals surface area contributed by atoms with Crippen LogP contribution in [0.1, 0.15) is 12.8 Å². The van der Waals surface area contributed by atoms with Crippen molar-refractivity contribution in [2.75, 3.05) is 18.0 Å². The minimum absolute atomic E-state index is 0.333. The van der Waals surface area contributed by atoms with Crippen molar-refractivity contribution in [1.29, 1.82) is 0 Å². The summed E-state index contributed by atoms with van der Waals surface area (Å²) in [7, 11) is 0. The zero-order chi connectivity index (χ0) is 14.8. The molecule has 1 aromatic carbocycles. The van der Waals surface area contributed by atoms with Crippen LogP contribution >= 0.6 is 0 Å². The van der Waals surface area contributed by atoms with Gasteiger partial charge in [-0.3, -0.25) is 0 Å². The van der Waals surface area contributed by atoms with E-state index in [1.807, 2.05) is 12.1 Å². The van der Waals surface area contributed by atoms with E-state index in [9.17, 15) is 0 Å². The molecule has 0 saturated carbocycles. The number of nitrogens with two attached hydrogens (primary N) is 1. The Balaban J connectivity index is 1.98. The van der Waals surface area contributed by atoms with E-state index in [0.717, 1.165) is 24.3 Å². The average Bonchev–Trinajstić information content (AvgIpc) is 3.16. The first kappa shape index (κ1) is 13.4. The SMILES string of the molecule is C=Nc1cc(-c2cccc(N3CCCC3)c2)nn1C(=C)N. The number of aliphatic imine (C=N–C) groups is 1. The smallest absolute Gasteiger partial charge is 0.157 e. The second-order valence-electron chi connectivity index (χ2n) is 5.19. The molecule has 3 rings (SSSR count). The standard InChI is InChI=1S/C16H19N5/c1-12(17)21-16(18-2)11-15(19-21)13-6-5-7-14(10-13)20-8-3-4-9-20/h5-7,10-11H,1-4,8-9,17H2. The van der Waals surface area contributed by atoms with Crippen LogP contribution in [0.25, 0.3) is 17.1 Å². The van der Waals surface area contributed by atoms with Crippen LogP contribution in [-0.4, -0.2) is 29.6 Å². The number of rotatable bonds is 4. The summed E-state index contributed by atoms with van der Waals surface area (Å²) in [5, 5.41) is 4.46. The fourth-order valence-electron chi connectivity index (χ4n) is 2.67. The lowest BCUT2D eigenvalue weighted by molar-refractivity contribution is 0.894. The van der Waals surface area contributed by atoms with Crippen molar-refractivity contribution in [1.82, 2.24) is 9.78 Å². The molecule has 0 atom stereocenters. The van der Waals surface area contributed by atoms with Gasteiger partial charge in [-0.25, -0.2) is 4.99 Å². The molecule has 1 aliphatic rings. The maximum atomic E-state index is 5.72. The molecule has 108 valence electrons. The van der Waals surface area contributed by atoms with Crippen molar-refractivity contribution in [3.05, 3.63) is 36.9 Å². The van der Waals surface area contributed by atoms with Gasteiger partial charge in [-0.2, -0.15) is 9.78 Å². The Hall–Kier alpha value is -2.56. The second-order valence-corrected chi connectivity index (χ2v) is 5.19. The van der Waals surface area contributed by atoms with Gasteiger partial charge < -0.3 is 10.6 Å². The first-order valence-corrected chi connectivity index (χ1v) is 7.06. The molecule has 5 heteroatoms. The molecule has 2 aromatic rings. The van der Waals surface area contributed by atoms with Gasteiger partial charge in [-0.05, 0) is 31.7 Å². The molecule has 0 amide bonds. The molecular weight excluding hydrogens is 262 g/mol. The van der Waals surface area contributed by atoms with Crippen molar-refractivity contribution < 1.29 is 0 Å². The number of nitrogens with zero attached hydrogens (tertiary/aromatic N) is 4. The first-order valence-electron chi connectivity index (χ1n) is 7.06. The van der Waals surface area contributed by atoms with Gasteiger partial charge in [-0.1, -0.05) is 18.7 Å². The van der Waals surface area contributed by atoms with Crippen LogP contribution in [-0.2, 0) is 0 Å².